The Morgan fingerprint density at radius 3 is 2.41 bits per heavy atom. The van der Waals surface area contributed by atoms with Crippen molar-refractivity contribution in [3.05, 3.63) is 23.7 Å². The molecule has 0 saturated carbocycles. The van der Waals surface area contributed by atoms with Gasteiger partial charge in [0.05, 0.1) is 11.5 Å². The Morgan fingerprint density at radius 1 is 1.29 bits per heavy atom. The number of carbonyl (C=O) groups excluding carboxylic acids is 1. The molecule has 1 fully saturated rings. The highest BCUT2D eigenvalue weighted by Crippen LogP contribution is 2.23. The van der Waals surface area contributed by atoms with Crippen LogP contribution in [0.5, 0.6) is 0 Å². The van der Waals surface area contributed by atoms with E-state index in [1.165, 1.54) is 12.1 Å². The largest absolute Gasteiger partial charge is 0.475 e. The SMILES string of the molecule is O=C(O)c1ccc(C(=O)C2CCS(=O)(=O)C2)o1. The van der Waals surface area contributed by atoms with Crippen LogP contribution in [-0.4, -0.2) is 36.8 Å². The van der Waals surface area contributed by atoms with Gasteiger partial charge in [-0.05, 0) is 18.6 Å². The molecule has 0 radical (unpaired) electrons. The number of carbonyl (C=O) groups is 2. The number of rotatable bonds is 3. The van der Waals surface area contributed by atoms with Crippen LogP contribution in [0.4, 0.5) is 0 Å². The second kappa shape index (κ2) is 3.99. The number of aromatic carboxylic acids is 1. The Kier molecular flexibility index (Phi) is 2.78. The molecule has 1 saturated heterocycles. The predicted octanol–water partition coefficient (Wildman–Crippen LogP) is 0.595. The lowest BCUT2D eigenvalue weighted by Crippen LogP contribution is -2.15. The van der Waals surface area contributed by atoms with Gasteiger partial charge in [0.25, 0.3) is 0 Å². The Hall–Kier alpha value is -1.63. The van der Waals surface area contributed by atoms with Crippen LogP contribution >= 0.6 is 0 Å². The highest BCUT2D eigenvalue weighted by Gasteiger charge is 2.34. The summed E-state index contributed by atoms with van der Waals surface area (Å²) in [5, 5.41) is 8.63. The summed E-state index contributed by atoms with van der Waals surface area (Å²) < 4.78 is 27.3. The Bertz CT molecular complexity index is 567. The zero-order valence-electron chi connectivity index (χ0n) is 8.75. The van der Waals surface area contributed by atoms with Crippen LogP contribution in [0.25, 0.3) is 0 Å². The summed E-state index contributed by atoms with van der Waals surface area (Å²) in [7, 11) is -3.14. The van der Waals surface area contributed by atoms with Crippen molar-refractivity contribution >= 4 is 21.6 Å². The first kappa shape index (κ1) is 11.8. The third-order valence-electron chi connectivity index (χ3n) is 2.66. The van der Waals surface area contributed by atoms with Gasteiger partial charge in [-0.15, -0.1) is 0 Å². The second-order valence-electron chi connectivity index (χ2n) is 3.93. The minimum atomic E-state index is -3.14. The number of sulfone groups is 1. The van der Waals surface area contributed by atoms with Crippen LogP contribution in [-0.2, 0) is 9.84 Å². The number of hydrogen-bond donors (Lipinski definition) is 1. The molecule has 2 heterocycles. The first-order valence-electron chi connectivity index (χ1n) is 4.97. The number of furan rings is 1. The average Bonchev–Trinajstić information content (AvgIpc) is 2.83. The van der Waals surface area contributed by atoms with Crippen LogP contribution in [0.3, 0.4) is 0 Å². The van der Waals surface area contributed by atoms with E-state index in [1.807, 2.05) is 0 Å². The maximum atomic E-state index is 11.8. The molecule has 0 aromatic carbocycles. The molecule has 0 amide bonds. The summed E-state index contributed by atoms with van der Waals surface area (Å²) in [6.45, 7) is 0. The number of carboxylic acid groups (broad SMARTS) is 1. The highest BCUT2D eigenvalue weighted by atomic mass is 32.2. The summed E-state index contributed by atoms with van der Waals surface area (Å²) in [6.07, 6.45) is 0.268. The molecule has 1 N–H and O–H groups in total. The summed E-state index contributed by atoms with van der Waals surface area (Å²) in [5.41, 5.74) is 0. The molecule has 0 bridgehead atoms. The molecular formula is C10H10O6S. The van der Waals surface area contributed by atoms with Gasteiger partial charge in [0.15, 0.2) is 15.6 Å². The fraction of sp³-hybridized carbons (Fsp3) is 0.400. The van der Waals surface area contributed by atoms with Gasteiger partial charge in [0.2, 0.25) is 11.5 Å². The number of carboxylic acids is 1. The van der Waals surface area contributed by atoms with Gasteiger partial charge in [-0.1, -0.05) is 0 Å². The van der Waals surface area contributed by atoms with E-state index in [9.17, 15) is 18.0 Å². The third-order valence-corrected chi connectivity index (χ3v) is 4.43. The van der Waals surface area contributed by atoms with E-state index < -0.39 is 27.5 Å². The molecule has 6 nitrogen and oxygen atoms in total. The lowest BCUT2D eigenvalue weighted by Gasteiger charge is -2.02. The smallest absolute Gasteiger partial charge is 0.371 e. The van der Waals surface area contributed by atoms with Crippen molar-refractivity contribution in [1.82, 2.24) is 0 Å². The van der Waals surface area contributed by atoms with Crippen molar-refractivity contribution in [2.75, 3.05) is 11.5 Å². The molecule has 1 atom stereocenters. The van der Waals surface area contributed by atoms with E-state index in [1.54, 1.807) is 0 Å². The first-order chi connectivity index (χ1) is 7.89. The fourth-order valence-electron chi connectivity index (χ4n) is 1.79. The van der Waals surface area contributed by atoms with Gasteiger partial charge in [-0.25, -0.2) is 13.2 Å². The summed E-state index contributed by atoms with van der Waals surface area (Å²) in [5.74, 6) is -2.93. The van der Waals surface area contributed by atoms with Gasteiger partial charge in [0.1, 0.15) is 0 Å². The molecule has 1 aromatic heterocycles. The van der Waals surface area contributed by atoms with Gasteiger partial charge in [-0.2, -0.15) is 0 Å². The topological polar surface area (TPSA) is 102 Å². The zero-order chi connectivity index (χ0) is 12.6. The third kappa shape index (κ3) is 2.38. The molecule has 0 spiro atoms. The van der Waals surface area contributed by atoms with Gasteiger partial charge in [0, 0.05) is 5.92 Å². The van der Waals surface area contributed by atoms with E-state index in [4.69, 9.17) is 9.52 Å². The van der Waals surface area contributed by atoms with Crippen molar-refractivity contribution in [3.8, 4) is 0 Å². The van der Waals surface area contributed by atoms with Gasteiger partial charge < -0.3 is 9.52 Å². The summed E-state index contributed by atoms with van der Waals surface area (Å²) in [6, 6.07) is 2.44. The van der Waals surface area contributed by atoms with E-state index in [0.29, 0.717) is 0 Å². The molecule has 1 aliphatic rings. The molecule has 1 aliphatic heterocycles. The minimum absolute atomic E-state index is 0.00406. The molecule has 1 aromatic rings. The summed E-state index contributed by atoms with van der Waals surface area (Å²) in [4.78, 5) is 22.4. The number of hydrogen-bond acceptors (Lipinski definition) is 5. The Labute approximate surface area is 97.2 Å². The number of ketones is 1. The lowest BCUT2D eigenvalue weighted by atomic mass is 10.0. The molecule has 17 heavy (non-hydrogen) atoms. The first-order valence-corrected chi connectivity index (χ1v) is 6.79. The fourth-order valence-corrected chi connectivity index (χ4v) is 3.53. The van der Waals surface area contributed by atoms with Gasteiger partial charge in [-0.3, -0.25) is 4.79 Å². The van der Waals surface area contributed by atoms with Crippen LogP contribution < -0.4 is 0 Å². The van der Waals surface area contributed by atoms with Crippen LogP contribution in [0, 0.1) is 5.92 Å². The number of Topliss-reactive ketones (excluding diaryl/α,β-unsaturated/α-hetero) is 1. The summed E-state index contributed by atoms with van der Waals surface area (Å²) >= 11 is 0. The van der Waals surface area contributed by atoms with E-state index in [2.05, 4.69) is 0 Å². The monoisotopic (exact) mass is 258 g/mol. The van der Waals surface area contributed by atoms with E-state index in [-0.39, 0.29) is 29.4 Å². The molecular weight excluding hydrogens is 248 g/mol. The standard InChI is InChI=1S/C10H10O6S/c11-9(6-3-4-17(14,15)5-6)7-1-2-8(16-7)10(12)13/h1-2,6H,3-5H2,(H,12,13). The minimum Gasteiger partial charge on any atom is -0.475 e. The average molecular weight is 258 g/mol. The van der Waals surface area contributed by atoms with E-state index >= 15 is 0 Å². The normalized spacial score (nSPS) is 22.5. The Morgan fingerprint density at radius 2 is 1.94 bits per heavy atom. The predicted molar refractivity (Wildman–Crippen MR) is 56.8 cm³/mol. The molecule has 92 valence electrons. The van der Waals surface area contributed by atoms with Crippen LogP contribution in [0.1, 0.15) is 27.5 Å². The van der Waals surface area contributed by atoms with Crippen molar-refractivity contribution in [3.63, 3.8) is 0 Å². The molecule has 7 heteroatoms. The maximum Gasteiger partial charge on any atom is 0.371 e. The van der Waals surface area contributed by atoms with E-state index in [0.717, 1.165) is 0 Å². The highest BCUT2D eigenvalue weighted by molar-refractivity contribution is 7.91. The van der Waals surface area contributed by atoms with Crippen molar-refractivity contribution in [2.24, 2.45) is 5.92 Å². The van der Waals surface area contributed by atoms with Crippen molar-refractivity contribution < 1.29 is 27.5 Å². The lowest BCUT2D eigenvalue weighted by molar-refractivity contribution is 0.0659. The second-order valence-corrected chi connectivity index (χ2v) is 6.16. The Balaban J connectivity index is 2.18. The molecule has 1 unspecified atom stereocenters. The van der Waals surface area contributed by atoms with Gasteiger partial charge >= 0.3 is 5.97 Å². The zero-order valence-corrected chi connectivity index (χ0v) is 9.57. The molecule has 2 rings (SSSR count). The molecule has 0 aliphatic carbocycles. The quantitative estimate of drug-likeness (QED) is 0.796. The maximum absolute atomic E-state index is 11.8. The van der Waals surface area contributed by atoms with Crippen LogP contribution in [0.2, 0.25) is 0 Å². The van der Waals surface area contributed by atoms with Crippen molar-refractivity contribution in [1.29, 1.82) is 0 Å². The van der Waals surface area contributed by atoms with Crippen LogP contribution in [0.15, 0.2) is 16.5 Å². The van der Waals surface area contributed by atoms with Crippen molar-refractivity contribution in [2.45, 2.75) is 6.42 Å².